The molecule has 2 aliphatic rings. The number of nitrogens with two attached hydrogens (primary N) is 1. The van der Waals surface area contributed by atoms with Gasteiger partial charge in [0.25, 0.3) is 5.69 Å². The molecule has 0 aliphatic carbocycles. The summed E-state index contributed by atoms with van der Waals surface area (Å²) in [6.07, 6.45) is 2.79. The van der Waals surface area contributed by atoms with E-state index in [1.54, 1.807) is 18.2 Å². The Balaban J connectivity index is 0.000000201. The molecule has 6 rings (SSSR count). The first kappa shape index (κ1) is 25.2. The number of nitro benzene ring substituents is 1. The van der Waals surface area contributed by atoms with Gasteiger partial charge >= 0.3 is 0 Å². The zero-order valence-corrected chi connectivity index (χ0v) is 18.7. The molecule has 0 amide bonds. The largest absolute Gasteiger partial charge is 0.399 e. The van der Waals surface area contributed by atoms with Crippen LogP contribution in [-0.2, 0) is 13.1 Å². The molecule has 2 aromatic carbocycles. The lowest BCUT2D eigenvalue weighted by molar-refractivity contribution is -0.384. The van der Waals surface area contributed by atoms with Crippen LogP contribution in [0.25, 0.3) is 0 Å². The summed E-state index contributed by atoms with van der Waals surface area (Å²) in [4.78, 5) is 26.1. The van der Waals surface area contributed by atoms with Crippen molar-refractivity contribution < 1.29 is 15.1 Å². The number of non-ortho nitro benzene ring substituents is 1. The van der Waals surface area contributed by atoms with Crippen LogP contribution in [-0.4, -0.2) is 26.3 Å². The maximum Gasteiger partial charge on any atom is 0.270 e. The fourth-order valence-corrected chi connectivity index (χ4v) is 4.08. The summed E-state index contributed by atoms with van der Waals surface area (Å²) in [6, 6.07) is 16.3. The summed E-state index contributed by atoms with van der Waals surface area (Å²) in [5.74, 6) is -1.10. The number of anilines is 1. The topological polar surface area (TPSA) is 120 Å². The molecule has 8 nitrogen and oxygen atoms in total. The van der Waals surface area contributed by atoms with Gasteiger partial charge < -0.3 is 5.73 Å². The first-order valence-corrected chi connectivity index (χ1v) is 10.9. The number of nitro groups is 1. The molecule has 4 heterocycles. The van der Waals surface area contributed by atoms with E-state index >= 15 is 0 Å². The van der Waals surface area contributed by atoms with Gasteiger partial charge in [-0.25, -0.2) is 9.97 Å². The molecule has 2 N–H and O–H groups in total. The third-order valence-electron chi connectivity index (χ3n) is 5.76. The third-order valence-corrected chi connectivity index (χ3v) is 5.76. The number of halogens is 2. The number of benzene rings is 2. The first-order chi connectivity index (χ1) is 17.4. The van der Waals surface area contributed by atoms with Crippen LogP contribution in [0, 0.1) is 22.0 Å². The number of hydrogen-bond acceptors (Lipinski definition) is 7. The number of hydrogen-bond donors (Lipinski definition) is 1. The van der Waals surface area contributed by atoms with Crippen LogP contribution in [0.5, 0.6) is 0 Å². The van der Waals surface area contributed by atoms with Gasteiger partial charge in [0.15, 0.2) is 0 Å². The summed E-state index contributed by atoms with van der Waals surface area (Å²) in [6.45, 7) is 1.07. The van der Waals surface area contributed by atoms with Crippen LogP contribution in [0.3, 0.4) is 0 Å². The van der Waals surface area contributed by atoms with Gasteiger partial charge in [0, 0.05) is 66.0 Å². The first-order valence-electron chi connectivity index (χ1n) is 10.9. The Hall–Kier alpha value is -4.86. The average molecular weight is 503 g/mol. The fraction of sp³-hybridized carbons (Fsp3) is 0.111. The van der Waals surface area contributed by atoms with Crippen molar-refractivity contribution in [3.8, 4) is 0 Å². The number of aromatic nitrogens is 2. The molecule has 0 fully saturated rings. The van der Waals surface area contributed by atoms with Crippen molar-refractivity contribution in [1.29, 1.82) is 0 Å². The number of fused-ring (bicyclic) bond motifs is 2. The summed E-state index contributed by atoms with van der Waals surface area (Å²) < 4.78 is 26.2. The minimum atomic E-state index is -0.598. The number of aliphatic imine (C=N–C) groups is 2. The second kappa shape index (κ2) is 10.4. The lowest BCUT2D eigenvalue weighted by Crippen LogP contribution is -2.03. The lowest BCUT2D eigenvalue weighted by atomic mass is 10.0. The summed E-state index contributed by atoms with van der Waals surface area (Å²) in [5, 5.41) is 10.8. The van der Waals surface area contributed by atoms with Gasteiger partial charge in [-0.05, 0) is 41.5 Å². The number of pyridine rings is 2. The van der Waals surface area contributed by atoms with Crippen LogP contribution in [0.1, 0.15) is 42.2 Å². The molecule has 10 heteroatoms. The molecular weight excluding hydrogens is 478 g/mol. The van der Waals surface area contributed by atoms with Crippen molar-refractivity contribution in [2.75, 3.05) is 5.73 Å². The Morgan fingerprint density at radius 1 is 0.784 bits per heavy atom. The molecule has 0 unspecified atom stereocenters. The monoisotopic (exact) mass is 502 g/mol. The molecule has 2 aromatic heterocycles. The van der Waals surface area contributed by atoms with Crippen LogP contribution in [0.4, 0.5) is 20.2 Å². The van der Waals surface area contributed by atoms with Gasteiger partial charge in [0.1, 0.15) is 0 Å². The molecule has 0 radical (unpaired) electrons. The highest BCUT2D eigenvalue weighted by Crippen LogP contribution is 2.27. The Bertz CT molecular complexity index is 1580. The minimum Gasteiger partial charge on any atom is -0.399 e. The Labute approximate surface area is 212 Å². The van der Waals surface area contributed by atoms with Crippen molar-refractivity contribution in [2.45, 2.75) is 20.5 Å². The van der Waals surface area contributed by atoms with E-state index in [-0.39, 0.29) is 14.5 Å². The summed E-state index contributed by atoms with van der Waals surface area (Å²) in [7, 11) is 0. The summed E-state index contributed by atoms with van der Waals surface area (Å²) >= 11 is 0. The van der Waals surface area contributed by atoms with Crippen molar-refractivity contribution in [2.24, 2.45) is 9.98 Å². The normalized spacial score (nSPS) is 12.8. The van der Waals surface area contributed by atoms with E-state index in [0.717, 1.165) is 28.0 Å². The van der Waals surface area contributed by atoms with E-state index < -0.39 is 16.8 Å². The van der Waals surface area contributed by atoms with Crippen LogP contribution >= 0.6 is 0 Å². The van der Waals surface area contributed by atoms with Crippen LogP contribution in [0.2, 0.25) is 0 Å². The highest BCUT2D eigenvalue weighted by atomic mass is 19.1. The molecule has 0 saturated heterocycles. The molecule has 4 aromatic rings. The highest BCUT2D eigenvalue weighted by molar-refractivity contribution is 6.16. The molecule has 0 saturated carbocycles. The zero-order chi connectivity index (χ0) is 25.2. The molecule has 0 atom stereocenters. The molecule has 0 spiro atoms. The Kier molecular flexibility index (Phi) is 7.10. The molecule has 0 bridgehead atoms. The van der Waals surface area contributed by atoms with Crippen molar-refractivity contribution >= 4 is 22.8 Å². The zero-order valence-electron chi connectivity index (χ0n) is 18.7. The molecule has 37 heavy (non-hydrogen) atoms. The highest BCUT2D eigenvalue weighted by Gasteiger charge is 2.21. The van der Waals surface area contributed by atoms with Gasteiger partial charge in [-0.1, -0.05) is 13.5 Å². The quantitative estimate of drug-likeness (QED) is 0.171. The maximum absolute atomic E-state index is 13.1. The second-order valence-electron chi connectivity index (χ2n) is 8.08. The van der Waals surface area contributed by atoms with Crippen molar-refractivity contribution in [3.63, 3.8) is 0 Å². The number of nitrogens with zero attached hydrogens (tertiary/aromatic N) is 5. The molecular formula is C27H24F2N6O2. The van der Waals surface area contributed by atoms with Crippen LogP contribution < -0.4 is 5.73 Å². The third kappa shape index (κ3) is 5.22. The smallest absolute Gasteiger partial charge is 0.270 e. The Morgan fingerprint density at radius 3 is 1.81 bits per heavy atom. The van der Waals surface area contributed by atoms with Gasteiger partial charge in [-0.3, -0.25) is 20.1 Å². The predicted octanol–water partition coefficient (Wildman–Crippen LogP) is 5.52. The molecule has 2 aliphatic heterocycles. The van der Waals surface area contributed by atoms with E-state index in [4.69, 9.17) is 5.73 Å². The van der Waals surface area contributed by atoms with Gasteiger partial charge in [-0.15, -0.1) is 0 Å². The number of rotatable bonds is 3. The van der Waals surface area contributed by atoms with Crippen molar-refractivity contribution in [1.82, 2.24) is 9.97 Å². The Morgan fingerprint density at radius 2 is 1.30 bits per heavy atom. The SMILES string of the molecule is C.Nc1ccc2c(c1)C(c1ccnc(F)c1)=NC2.O=[N+]([O-])c1ccc2c(c1)C(c1ccnc(F)c1)=NC2.[HH]. The fourth-order valence-electron chi connectivity index (χ4n) is 4.08. The average Bonchev–Trinajstić information content (AvgIpc) is 3.48. The van der Waals surface area contributed by atoms with E-state index in [1.807, 2.05) is 18.2 Å². The van der Waals surface area contributed by atoms with E-state index in [9.17, 15) is 18.9 Å². The minimum absolute atomic E-state index is 0. The van der Waals surface area contributed by atoms with Crippen molar-refractivity contribution in [3.05, 3.63) is 128 Å². The maximum atomic E-state index is 13.1. The lowest BCUT2D eigenvalue weighted by Gasteiger charge is -2.04. The van der Waals surface area contributed by atoms with Gasteiger partial charge in [0.2, 0.25) is 11.9 Å². The number of nitrogen functional groups attached to an aromatic ring is 1. The second-order valence-corrected chi connectivity index (χ2v) is 8.08. The van der Waals surface area contributed by atoms with Gasteiger partial charge in [0.05, 0.1) is 29.4 Å². The molecule has 188 valence electrons. The summed E-state index contributed by atoms with van der Waals surface area (Å²) in [5.41, 5.74) is 12.8. The predicted molar refractivity (Wildman–Crippen MR) is 140 cm³/mol. The van der Waals surface area contributed by atoms with E-state index in [1.165, 1.54) is 36.7 Å². The van der Waals surface area contributed by atoms with Gasteiger partial charge in [-0.2, -0.15) is 8.78 Å². The standard InChI is InChI=1S/C13H8FN3O2.C13H10FN3.CH4.H2/c14-12-5-8(3-4-15-12)13-11-6-10(17(18)19)2-1-9(11)7-16-13;14-12-5-8(3-4-16-12)13-11-6-10(15)2-1-9(11)7-17-13;;/h1-6H,7H2;1-6H,7,15H2;1H4;1H. The van der Waals surface area contributed by atoms with Crippen LogP contribution in [0.15, 0.2) is 83.0 Å². The van der Waals surface area contributed by atoms with E-state index in [0.29, 0.717) is 35.6 Å². The van der Waals surface area contributed by atoms with E-state index in [2.05, 4.69) is 20.0 Å².